The fourth-order valence-electron chi connectivity index (χ4n) is 3.44. The van der Waals surface area contributed by atoms with Crippen molar-refractivity contribution in [2.24, 2.45) is 0 Å². The Morgan fingerprint density at radius 3 is 2.60 bits per heavy atom. The molecule has 4 rings (SSSR count). The van der Waals surface area contributed by atoms with Crippen LogP contribution >= 0.6 is 22.9 Å². The summed E-state index contributed by atoms with van der Waals surface area (Å²) in [5.74, 6) is -1.09. The Bertz CT molecular complexity index is 1210. The lowest BCUT2D eigenvalue weighted by Crippen LogP contribution is -2.44. The van der Waals surface area contributed by atoms with E-state index < -0.39 is 27.4 Å². The van der Waals surface area contributed by atoms with E-state index in [0.717, 1.165) is 21.8 Å². The van der Waals surface area contributed by atoms with Crippen molar-refractivity contribution in [3.8, 4) is 16.2 Å². The molecule has 0 unspecified atom stereocenters. The molecule has 2 N–H and O–H groups in total. The fourth-order valence-corrected chi connectivity index (χ4v) is 6.28. The highest BCUT2D eigenvalue weighted by molar-refractivity contribution is 7.91. The summed E-state index contributed by atoms with van der Waals surface area (Å²) in [5.41, 5.74) is -0.0257. The normalized spacial score (nSPS) is 20.7. The minimum Gasteiger partial charge on any atom is -0.497 e. The van der Waals surface area contributed by atoms with Crippen molar-refractivity contribution in [1.29, 1.82) is 0 Å². The van der Waals surface area contributed by atoms with Gasteiger partial charge in [-0.25, -0.2) is 8.42 Å². The number of ether oxygens (including phenoxy) is 1. The molecule has 1 saturated carbocycles. The van der Waals surface area contributed by atoms with Gasteiger partial charge in [0.05, 0.1) is 7.11 Å². The summed E-state index contributed by atoms with van der Waals surface area (Å²) in [7, 11) is -2.50. The SMILES string of the molecule is COc1cccc([C@@H]2C[C@]2(NS(=O)(=O)c2ccc(-c3ccc(Cl)cc3)s2)C(=O)O)c1. The van der Waals surface area contributed by atoms with Crippen LogP contribution in [0.3, 0.4) is 0 Å². The fraction of sp³-hybridized carbons (Fsp3) is 0.190. The zero-order valence-corrected chi connectivity index (χ0v) is 18.2. The maximum Gasteiger partial charge on any atom is 0.325 e. The Labute approximate surface area is 183 Å². The number of aliphatic carboxylic acids is 1. The molecule has 156 valence electrons. The average Bonchev–Trinajstić information content (AvgIpc) is 3.22. The highest BCUT2D eigenvalue weighted by Crippen LogP contribution is 2.53. The first-order valence-electron chi connectivity index (χ1n) is 9.02. The second-order valence-electron chi connectivity index (χ2n) is 7.04. The summed E-state index contributed by atoms with van der Waals surface area (Å²) in [4.78, 5) is 12.8. The molecule has 0 aliphatic heterocycles. The molecule has 2 atom stereocenters. The van der Waals surface area contributed by atoms with Gasteiger partial charge in [0.2, 0.25) is 0 Å². The zero-order chi connectivity index (χ0) is 21.5. The maximum absolute atomic E-state index is 13.0. The molecule has 0 radical (unpaired) electrons. The molecule has 1 aromatic heterocycles. The lowest BCUT2D eigenvalue weighted by molar-refractivity contribution is -0.140. The third kappa shape index (κ3) is 3.83. The molecule has 0 saturated heterocycles. The number of carboxylic acids is 1. The lowest BCUT2D eigenvalue weighted by Gasteiger charge is -2.15. The van der Waals surface area contributed by atoms with Gasteiger partial charge in [-0.1, -0.05) is 35.9 Å². The van der Waals surface area contributed by atoms with Crippen LogP contribution in [-0.4, -0.2) is 32.1 Å². The van der Waals surface area contributed by atoms with Crippen molar-refractivity contribution in [1.82, 2.24) is 4.72 Å². The molecular weight excluding hydrogens is 446 g/mol. The van der Waals surface area contributed by atoms with Gasteiger partial charge in [0.1, 0.15) is 15.5 Å². The number of rotatable bonds is 7. The van der Waals surface area contributed by atoms with Gasteiger partial charge in [-0.2, -0.15) is 4.72 Å². The van der Waals surface area contributed by atoms with E-state index in [2.05, 4.69) is 4.72 Å². The minimum absolute atomic E-state index is 0.0596. The van der Waals surface area contributed by atoms with Gasteiger partial charge in [0.15, 0.2) is 0 Å². The van der Waals surface area contributed by atoms with Crippen molar-refractivity contribution in [3.05, 3.63) is 71.2 Å². The Balaban J connectivity index is 1.60. The molecular formula is C21H18ClNO5S2. The van der Waals surface area contributed by atoms with E-state index >= 15 is 0 Å². The molecule has 30 heavy (non-hydrogen) atoms. The van der Waals surface area contributed by atoms with Crippen LogP contribution in [-0.2, 0) is 14.8 Å². The number of halogens is 1. The van der Waals surface area contributed by atoms with Crippen LogP contribution < -0.4 is 9.46 Å². The second-order valence-corrected chi connectivity index (χ2v) is 10.5. The van der Waals surface area contributed by atoms with E-state index in [9.17, 15) is 18.3 Å². The van der Waals surface area contributed by atoms with Crippen molar-refractivity contribution >= 4 is 38.9 Å². The molecule has 9 heteroatoms. The number of methoxy groups -OCH3 is 1. The molecule has 0 spiro atoms. The smallest absolute Gasteiger partial charge is 0.325 e. The average molecular weight is 464 g/mol. The largest absolute Gasteiger partial charge is 0.497 e. The van der Waals surface area contributed by atoms with Crippen molar-refractivity contribution in [3.63, 3.8) is 0 Å². The topological polar surface area (TPSA) is 92.7 Å². The Hall–Kier alpha value is -2.39. The Morgan fingerprint density at radius 1 is 1.20 bits per heavy atom. The number of thiophene rings is 1. The molecule has 1 aliphatic carbocycles. The van der Waals surface area contributed by atoms with E-state index in [0.29, 0.717) is 16.3 Å². The molecule has 0 bridgehead atoms. The quantitative estimate of drug-likeness (QED) is 0.542. The number of hydrogen-bond donors (Lipinski definition) is 2. The van der Waals surface area contributed by atoms with Gasteiger partial charge < -0.3 is 9.84 Å². The van der Waals surface area contributed by atoms with E-state index in [1.807, 2.05) is 0 Å². The standard InChI is InChI=1S/C21H18ClNO5S2/c1-28-16-4-2-3-14(11-16)17-12-21(17,20(24)25)23-30(26,27)19-10-9-18(29-19)13-5-7-15(22)8-6-13/h2-11,17,23H,12H2,1H3,(H,24,25)/t17-,21+/m0/s1. The number of carbonyl (C=O) groups is 1. The predicted octanol–water partition coefficient (Wildman–Crippen LogP) is 4.37. The van der Waals surface area contributed by atoms with Gasteiger partial charge >= 0.3 is 5.97 Å². The highest BCUT2D eigenvalue weighted by atomic mass is 35.5. The molecule has 1 aliphatic rings. The molecule has 6 nitrogen and oxygen atoms in total. The van der Waals surface area contributed by atoms with Crippen molar-refractivity contribution in [2.75, 3.05) is 7.11 Å². The van der Waals surface area contributed by atoms with Gasteiger partial charge in [-0.3, -0.25) is 4.79 Å². The first-order chi connectivity index (χ1) is 14.2. The second kappa shape index (κ2) is 7.70. The third-order valence-corrected chi connectivity index (χ3v) is 8.52. The monoisotopic (exact) mass is 463 g/mol. The van der Waals surface area contributed by atoms with Crippen LogP contribution in [0.5, 0.6) is 5.75 Å². The predicted molar refractivity (Wildman–Crippen MR) is 116 cm³/mol. The highest BCUT2D eigenvalue weighted by Gasteiger charge is 2.63. The minimum atomic E-state index is -4.02. The number of carboxylic acid groups (broad SMARTS) is 1. The van der Waals surface area contributed by atoms with Crippen LogP contribution in [0.4, 0.5) is 0 Å². The molecule has 1 heterocycles. The van der Waals surface area contributed by atoms with Crippen LogP contribution in [0.2, 0.25) is 5.02 Å². The number of hydrogen-bond acceptors (Lipinski definition) is 5. The summed E-state index contributed by atoms with van der Waals surface area (Å²) in [6.07, 6.45) is 0.171. The summed E-state index contributed by atoms with van der Waals surface area (Å²) in [6.45, 7) is 0. The van der Waals surface area contributed by atoms with E-state index in [4.69, 9.17) is 16.3 Å². The summed E-state index contributed by atoms with van der Waals surface area (Å²) >= 11 is 6.98. The summed E-state index contributed by atoms with van der Waals surface area (Å²) in [5, 5.41) is 10.4. The van der Waals surface area contributed by atoms with Crippen molar-refractivity contribution < 1.29 is 23.1 Å². The summed E-state index contributed by atoms with van der Waals surface area (Å²) in [6, 6.07) is 17.2. The van der Waals surface area contributed by atoms with Gasteiger partial charge in [-0.05, 0) is 53.9 Å². The van der Waals surface area contributed by atoms with E-state index in [-0.39, 0.29) is 10.6 Å². The van der Waals surface area contributed by atoms with Crippen molar-refractivity contribution in [2.45, 2.75) is 22.1 Å². The molecule has 0 amide bonds. The van der Waals surface area contributed by atoms with E-state index in [1.54, 1.807) is 54.6 Å². The Kier molecular flexibility index (Phi) is 5.36. The van der Waals surface area contributed by atoms with Crippen LogP contribution in [0, 0.1) is 0 Å². The van der Waals surface area contributed by atoms with E-state index in [1.165, 1.54) is 13.2 Å². The number of benzene rings is 2. The van der Waals surface area contributed by atoms with Crippen LogP contribution in [0.1, 0.15) is 17.9 Å². The number of sulfonamides is 1. The van der Waals surface area contributed by atoms with Crippen LogP contribution in [0.25, 0.3) is 10.4 Å². The summed E-state index contributed by atoms with van der Waals surface area (Å²) < 4.78 is 33.7. The first kappa shape index (κ1) is 20.9. The van der Waals surface area contributed by atoms with Gasteiger partial charge in [-0.15, -0.1) is 11.3 Å². The Morgan fingerprint density at radius 2 is 1.93 bits per heavy atom. The lowest BCUT2D eigenvalue weighted by atomic mass is 10.1. The maximum atomic E-state index is 13.0. The van der Waals surface area contributed by atoms with Crippen LogP contribution in [0.15, 0.2) is 64.9 Å². The molecule has 1 fully saturated rings. The molecule has 3 aromatic rings. The zero-order valence-electron chi connectivity index (χ0n) is 15.8. The van der Waals surface area contributed by atoms with Gasteiger partial charge in [0, 0.05) is 15.8 Å². The van der Waals surface area contributed by atoms with Gasteiger partial charge in [0.25, 0.3) is 10.0 Å². The molecule has 2 aromatic carbocycles. The third-order valence-electron chi connectivity index (χ3n) is 5.13. The first-order valence-corrected chi connectivity index (χ1v) is 11.7. The number of nitrogens with one attached hydrogen (secondary N) is 1.